The Morgan fingerprint density at radius 1 is 1.00 bits per heavy atom. The van der Waals surface area contributed by atoms with Crippen molar-refractivity contribution in [2.24, 2.45) is 0 Å². The maximum Gasteiger partial charge on any atom is 0.497 e. The van der Waals surface area contributed by atoms with Crippen LogP contribution in [0.5, 0.6) is 0 Å². The van der Waals surface area contributed by atoms with Gasteiger partial charge in [0.1, 0.15) is 0 Å². The van der Waals surface area contributed by atoms with Crippen LogP contribution in [-0.2, 0) is 19.3 Å². The Labute approximate surface area is 177 Å². The third kappa shape index (κ3) is 3.14. The number of benzene rings is 2. The summed E-state index contributed by atoms with van der Waals surface area (Å²) in [4.78, 5) is 3.69. The van der Waals surface area contributed by atoms with Crippen LogP contribution in [0.25, 0.3) is 15.7 Å². The number of aromatic nitrogens is 1. The van der Waals surface area contributed by atoms with Gasteiger partial charge >= 0.3 is 7.12 Å². The fourth-order valence-electron chi connectivity index (χ4n) is 3.46. The average Bonchev–Trinajstić information content (AvgIpc) is 3.16. The number of fused-ring (bicyclic) bond motifs is 1. The quantitative estimate of drug-likeness (QED) is 0.472. The summed E-state index contributed by atoms with van der Waals surface area (Å²) in [6, 6.07) is 11.7. The third-order valence-electron chi connectivity index (χ3n) is 6.00. The Balaban J connectivity index is 1.93. The molecule has 2 heterocycles. The van der Waals surface area contributed by atoms with Crippen LogP contribution in [-0.4, -0.2) is 30.7 Å². The van der Waals surface area contributed by atoms with E-state index < -0.39 is 28.3 Å². The van der Waals surface area contributed by atoms with Gasteiger partial charge in [-0.15, -0.1) is 0 Å². The van der Waals surface area contributed by atoms with Gasteiger partial charge < -0.3 is 9.31 Å². The Hall–Kier alpha value is -2.60. The number of rotatable bonds is 3. The van der Waals surface area contributed by atoms with Crippen molar-refractivity contribution in [3.8, 4) is 0 Å². The molecule has 0 unspecified atom stereocenters. The standard InChI is InChI=1S/C22H23BN2O4S/c1-15-7-10-17(11-8-15)30(26,27)25-14-19(18-13-16(24-6)9-12-20(18)25)23-28-21(2,3)22(4,5)29-23/h7-14H,1-5H3. The van der Waals surface area contributed by atoms with Crippen LogP contribution in [0.4, 0.5) is 5.69 Å². The Morgan fingerprint density at radius 3 is 2.17 bits per heavy atom. The minimum Gasteiger partial charge on any atom is -0.399 e. The lowest BCUT2D eigenvalue weighted by Gasteiger charge is -2.32. The second-order valence-corrected chi connectivity index (χ2v) is 10.4. The van der Waals surface area contributed by atoms with Crippen LogP contribution in [0.3, 0.4) is 0 Å². The fourth-order valence-corrected chi connectivity index (χ4v) is 4.84. The van der Waals surface area contributed by atoms with E-state index in [0.29, 0.717) is 22.1 Å². The largest absolute Gasteiger partial charge is 0.497 e. The maximum absolute atomic E-state index is 13.4. The molecular weight excluding hydrogens is 399 g/mol. The maximum atomic E-state index is 13.4. The number of nitrogens with zero attached hydrogens (tertiary/aromatic N) is 2. The minimum atomic E-state index is -3.84. The highest BCUT2D eigenvalue weighted by molar-refractivity contribution is 7.90. The minimum absolute atomic E-state index is 0.194. The summed E-state index contributed by atoms with van der Waals surface area (Å²) in [5.74, 6) is 0. The van der Waals surface area contributed by atoms with Gasteiger partial charge in [0.2, 0.25) is 0 Å². The van der Waals surface area contributed by atoms with Crippen LogP contribution in [0, 0.1) is 13.5 Å². The van der Waals surface area contributed by atoms with Crippen LogP contribution >= 0.6 is 0 Å². The van der Waals surface area contributed by atoms with Gasteiger partial charge in [-0.1, -0.05) is 23.8 Å². The zero-order valence-corrected chi connectivity index (χ0v) is 18.4. The van der Waals surface area contributed by atoms with Crippen LogP contribution in [0.1, 0.15) is 33.3 Å². The molecule has 0 radical (unpaired) electrons. The molecule has 0 saturated carbocycles. The average molecular weight is 422 g/mol. The van der Waals surface area contributed by atoms with E-state index in [4.69, 9.17) is 15.9 Å². The van der Waals surface area contributed by atoms with Crippen LogP contribution in [0.2, 0.25) is 0 Å². The molecule has 1 aliphatic heterocycles. The second-order valence-electron chi connectivity index (χ2n) is 8.60. The first-order valence-corrected chi connectivity index (χ1v) is 11.1. The normalized spacial score (nSPS) is 17.9. The topological polar surface area (TPSA) is 61.9 Å². The summed E-state index contributed by atoms with van der Waals surface area (Å²) in [7, 11) is -4.58. The van der Waals surface area contributed by atoms with Crippen molar-refractivity contribution in [3.05, 3.63) is 65.6 Å². The van der Waals surface area contributed by atoms with Gasteiger partial charge in [0.15, 0.2) is 5.69 Å². The number of hydrogen-bond donors (Lipinski definition) is 0. The van der Waals surface area contributed by atoms with Crippen molar-refractivity contribution in [2.45, 2.75) is 50.7 Å². The smallest absolute Gasteiger partial charge is 0.399 e. The van der Waals surface area contributed by atoms with E-state index in [2.05, 4.69) is 4.85 Å². The van der Waals surface area contributed by atoms with Crippen molar-refractivity contribution < 1.29 is 17.7 Å². The zero-order valence-electron chi connectivity index (χ0n) is 17.6. The molecule has 0 amide bonds. The molecule has 1 fully saturated rings. The molecule has 0 atom stereocenters. The lowest BCUT2D eigenvalue weighted by Crippen LogP contribution is -2.41. The Kier molecular flexibility index (Phi) is 4.62. The van der Waals surface area contributed by atoms with Gasteiger partial charge in [-0.3, -0.25) is 0 Å². The zero-order chi connectivity index (χ0) is 21.9. The summed E-state index contributed by atoms with van der Waals surface area (Å²) in [6.07, 6.45) is 1.55. The van der Waals surface area contributed by atoms with E-state index in [9.17, 15) is 8.42 Å². The first-order valence-electron chi connectivity index (χ1n) is 9.67. The highest BCUT2D eigenvalue weighted by atomic mass is 32.2. The van der Waals surface area contributed by atoms with E-state index >= 15 is 0 Å². The molecule has 1 saturated heterocycles. The second kappa shape index (κ2) is 6.71. The fraction of sp³-hybridized carbons (Fsp3) is 0.318. The SMILES string of the molecule is [C-]#[N+]c1ccc2c(c1)c(B1OC(C)(C)C(C)(C)O1)cn2S(=O)(=O)c1ccc(C)cc1. The van der Waals surface area contributed by atoms with Crippen molar-refractivity contribution in [1.82, 2.24) is 3.97 Å². The molecule has 4 rings (SSSR count). The van der Waals surface area contributed by atoms with Gasteiger partial charge in [-0.2, -0.15) is 0 Å². The Bertz CT molecular complexity index is 1270. The molecule has 2 aromatic carbocycles. The van der Waals surface area contributed by atoms with Gasteiger partial charge in [0.05, 0.1) is 28.2 Å². The molecule has 6 nitrogen and oxygen atoms in total. The summed E-state index contributed by atoms with van der Waals surface area (Å²) >= 11 is 0. The van der Waals surface area contributed by atoms with Crippen molar-refractivity contribution >= 4 is 39.2 Å². The van der Waals surface area contributed by atoms with Gasteiger partial charge in [0, 0.05) is 11.7 Å². The van der Waals surface area contributed by atoms with E-state index in [0.717, 1.165) is 5.56 Å². The monoisotopic (exact) mass is 422 g/mol. The van der Waals surface area contributed by atoms with Gasteiger partial charge in [-0.25, -0.2) is 17.2 Å². The molecule has 0 aliphatic carbocycles. The van der Waals surface area contributed by atoms with Crippen molar-refractivity contribution in [3.63, 3.8) is 0 Å². The highest BCUT2D eigenvalue weighted by Crippen LogP contribution is 2.37. The van der Waals surface area contributed by atoms with Gasteiger partial charge in [-0.05, 0) is 64.3 Å². The first kappa shape index (κ1) is 20.7. The summed E-state index contributed by atoms with van der Waals surface area (Å²) in [5, 5.41) is 0.623. The molecule has 0 bridgehead atoms. The van der Waals surface area contributed by atoms with Crippen molar-refractivity contribution in [1.29, 1.82) is 0 Å². The van der Waals surface area contributed by atoms with E-state index in [1.54, 1.807) is 48.7 Å². The molecule has 8 heteroatoms. The lowest BCUT2D eigenvalue weighted by molar-refractivity contribution is 0.00578. The third-order valence-corrected chi connectivity index (χ3v) is 7.69. The molecule has 0 N–H and O–H groups in total. The van der Waals surface area contributed by atoms with E-state index in [1.807, 2.05) is 34.6 Å². The van der Waals surface area contributed by atoms with Crippen LogP contribution in [0.15, 0.2) is 53.6 Å². The summed E-state index contributed by atoms with van der Waals surface area (Å²) < 4.78 is 40.4. The van der Waals surface area contributed by atoms with E-state index in [1.165, 1.54) is 3.97 Å². The van der Waals surface area contributed by atoms with Crippen LogP contribution < -0.4 is 5.46 Å². The van der Waals surface area contributed by atoms with Crippen molar-refractivity contribution in [2.75, 3.05) is 0 Å². The van der Waals surface area contributed by atoms with Gasteiger partial charge in [0.25, 0.3) is 10.0 Å². The number of aryl methyl sites for hydroxylation is 1. The molecule has 3 aromatic rings. The molecule has 1 aromatic heterocycles. The Morgan fingerprint density at radius 2 is 1.60 bits per heavy atom. The molecule has 1 aliphatic rings. The summed E-state index contributed by atoms with van der Waals surface area (Å²) in [6.45, 7) is 17.0. The molecular formula is C22H23BN2O4S. The summed E-state index contributed by atoms with van der Waals surface area (Å²) in [5.41, 5.74) is 1.33. The first-order chi connectivity index (χ1) is 14.0. The predicted molar refractivity (Wildman–Crippen MR) is 118 cm³/mol. The van der Waals surface area contributed by atoms with E-state index in [-0.39, 0.29) is 4.90 Å². The lowest BCUT2D eigenvalue weighted by atomic mass is 9.79. The molecule has 30 heavy (non-hydrogen) atoms. The molecule has 154 valence electrons. The predicted octanol–water partition coefficient (Wildman–Crippen LogP) is 4.04. The molecule has 0 spiro atoms. The number of hydrogen-bond acceptors (Lipinski definition) is 4. The highest BCUT2D eigenvalue weighted by Gasteiger charge is 2.52.